The maximum Gasteiger partial charge on any atom is 0.0558 e. The average Bonchev–Trinajstić information content (AvgIpc) is 2.46. The highest BCUT2D eigenvalue weighted by Gasteiger charge is 1.99. The number of unbranched alkanes of at least 4 members (excludes halogenated alkanes) is 1. The second-order valence-electron chi connectivity index (χ2n) is 2.72. The van der Waals surface area contributed by atoms with Gasteiger partial charge in [-0.3, -0.25) is 0 Å². The number of nitrogens with one attached hydrogen (secondary N) is 1. The molecule has 0 aromatic carbocycles. The van der Waals surface area contributed by atoms with Crippen LogP contribution in [0.25, 0.3) is 0 Å². The lowest BCUT2D eigenvalue weighted by Gasteiger charge is -2.01. The summed E-state index contributed by atoms with van der Waals surface area (Å²) in [6.07, 6.45) is 2.48. The second-order valence-corrected chi connectivity index (χ2v) is 4.13. The van der Waals surface area contributed by atoms with E-state index in [1.165, 1.54) is 17.7 Å². The molecule has 0 aliphatic carbocycles. The van der Waals surface area contributed by atoms with Crippen molar-refractivity contribution in [3.63, 3.8) is 0 Å². The molecule has 0 amide bonds. The van der Waals surface area contributed by atoms with Crippen LogP contribution in [-0.2, 0) is 6.54 Å². The van der Waals surface area contributed by atoms with Crippen LogP contribution in [0.5, 0.6) is 0 Å². The van der Waals surface area contributed by atoms with Gasteiger partial charge in [-0.2, -0.15) is 0 Å². The normalized spacial score (nSPS) is 10.5. The third-order valence-electron chi connectivity index (χ3n) is 1.68. The van der Waals surface area contributed by atoms with E-state index in [9.17, 15) is 0 Å². The number of thiophene rings is 1. The van der Waals surface area contributed by atoms with Crippen LogP contribution in [0.15, 0.2) is 11.4 Å². The summed E-state index contributed by atoms with van der Waals surface area (Å²) in [7, 11) is 0. The van der Waals surface area contributed by atoms with Gasteiger partial charge in [0.1, 0.15) is 0 Å². The Labute approximate surface area is 82.7 Å². The highest BCUT2D eigenvalue weighted by atomic mass is 35.5. The SMILES string of the molecule is CCCCNCc1sccc1Cl. The first-order valence-electron chi connectivity index (χ1n) is 4.27. The van der Waals surface area contributed by atoms with Gasteiger partial charge in [0.2, 0.25) is 0 Å². The smallest absolute Gasteiger partial charge is 0.0558 e. The van der Waals surface area contributed by atoms with Crippen LogP contribution in [0.2, 0.25) is 5.02 Å². The first-order chi connectivity index (χ1) is 5.84. The first kappa shape index (κ1) is 10.0. The van der Waals surface area contributed by atoms with E-state index >= 15 is 0 Å². The van der Waals surface area contributed by atoms with E-state index < -0.39 is 0 Å². The molecule has 0 spiro atoms. The third kappa shape index (κ3) is 3.13. The molecule has 0 radical (unpaired) electrons. The fraction of sp³-hybridized carbons (Fsp3) is 0.556. The van der Waals surface area contributed by atoms with Crippen molar-refractivity contribution in [2.24, 2.45) is 0 Å². The van der Waals surface area contributed by atoms with Crippen molar-refractivity contribution in [1.82, 2.24) is 5.32 Å². The molecule has 0 fully saturated rings. The van der Waals surface area contributed by atoms with Gasteiger partial charge in [0.15, 0.2) is 0 Å². The number of rotatable bonds is 5. The standard InChI is InChI=1S/C9H14ClNS/c1-2-3-5-11-7-9-8(10)4-6-12-9/h4,6,11H,2-3,5,7H2,1H3. The maximum atomic E-state index is 5.92. The van der Waals surface area contributed by atoms with Crippen molar-refractivity contribution in [3.05, 3.63) is 21.3 Å². The summed E-state index contributed by atoms with van der Waals surface area (Å²) < 4.78 is 0. The van der Waals surface area contributed by atoms with Gasteiger partial charge in [0, 0.05) is 11.4 Å². The van der Waals surface area contributed by atoms with E-state index in [2.05, 4.69) is 12.2 Å². The molecular weight excluding hydrogens is 190 g/mol. The minimum atomic E-state index is 0.893. The molecule has 1 nitrogen and oxygen atoms in total. The van der Waals surface area contributed by atoms with Crippen LogP contribution in [0.4, 0.5) is 0 Å². The molecule has 1 aromatic heterocycles. The minimum absolute atomic E-state index is 0.893. The van der Waals surface area contributed by atoms with Gasteiger partial charge in [0.05, 0.1) is 5.02 Å². The van der Waals surface area contributed by atoms with E-state index in [1.807, 2.05) is 11.4 Å². The van der Waals surface area contributed by atoms with E-state index in [1.54, 1.807) is 11.3 Å². The average molecular weight is 204 g/mol. The fourth-order valence-corrected chi connectivity index (χ4v) is 2.03. The van der Waals surface area contributed by atoms with Crippen LogP contribution in [-0.4, -0.2) is 6.54 Å². The molecule has 1 N–H and O–H groups in total. The van der Waals surface area contributed by atoms with E-state index in [-0.39, 0.29) is 0 Å². The molecule has 0 atom stereocenters. The molecule has 0 saturated heterocycles. The number of halogens is 1. The van der Waals surface area contributed by atoms with Gasteiger partial charge in [-0.15, -0.1) is 11.3 Å². The van der Waals surface area contributed by atoms with Crippen molar-refractivity contribution >= 4 is 22.9 Å². The van der Waals surface area contributed by atoms with Gasteiger partial charge in [-0.25, -0.2) is 0 Å². The Morgan fingerprint density at radius 3 is 3.00 bits per heavy atom. The Kier molecular flexibility index (Phi) is 4.66. The van der Waals surface area contributed by atoms with Gasteiger partial charge < -0.3 is 5.32 Å². The summed E-state index contributed by atoms with van der Waals surface area (Å²) in [5.41, 5.74) is 0. The second kappa shape index (κ2) is 5.57. The maximum absolute atomic E-state index is 5.92. The molecule has 0 aliphatic heterocycles. The highest BCUT2D eigenvalue weighted by Crippen LogP contribution is 2.21. The largest absolute Gasteiger partial charge is 0.312 e. The lowest BCUT2D eigenvalue weighted by molar-refractivity contribution is 0.646. The Morgan fingerprint density at radius 1 is 1.58 bits per heavy atom. The molecule has 3 heteroatoms. The van der Waals surface area contributed by atoms with Crippen molar-refractivity contribution < 1.29 is 0 Å². The number of hydrogen-bond donors (Lipinski definition) is 1. The quantitative estimate of drug-likeness (QED) is 0.725. The zero-order valence-corrected chi connectivity index (χ0v) is 8.84. The van der Waals surface area contributed by atoms with E-state index in [0.29, 0.717) is 0 Å². The Balaban J connectivity index is 2.20. The predicted molar refractivity (Wildman–Crippen MR) is 55.9 cm³/mol. The summed E-state index contributed by atoms with van der Waals surface area (Å²) in [4.78, 5) is 1.24. The Morgan fingerprint density at radius 2 is 2.42 bits per heavy atom. The zero-order valence-electron chi connectivity index (χ0n) is 7.27. The highest BCUT2D eigenvalue weighted by molar-refractivity contribution is 7.10. The molecule has 0 saturated carbocycles. The Hall–Kier alpha value is -0.0500. The predicted octanol–water partition coefficient (Wildman–Crippen LogP) is 3.29. The zero-order chi connectivity index (χ0) is 8.81. The third-order valence-corrected chi connectivity index (χ3v) is 3.07. The summed E-state index contributed by atoms with van der Waals surface area (Å²) >= 11 is 7.64. The van der Waals surface area contributed by atoms with Crippen molar-refractivity contribution in [3.8, 4) is 0 Å². The van der Waals surface area contributed by atoms with Crippen LogP contribution in [0.3, 0.4) is 0 Å². The topological polar surface area (TPSA) is 12.0 Å². The molecule has 1 aromatic rings. The first-order valence-corrected chi connectivity index (χ1v) is 5.53. The van der Waals surface area contributed by atoms with Gasteiger partial charge in [-0.05, 0) is 24.4 Å². The summed E-state index contributed by atoms with van der Waals surface area (Å²) in [5.74, 6) is 0. The lowest BCUT2D eigenvalue weighted by Crippen LogP contribution is -2.13. The Bertz CT molecular complexity index is 222. The van der Waals surface area contributed by atoms with Crippen molar-refractivity contribution in [2.45, 2.75) is 26.3 Å². The number of hydrogen-bond acceptors (Lipinski definition) is 2. The van der Waals surface area contributed by atoms with E-state index in [0.717, 1.165) is 18.1 Å². The van der Waals surface area contributed by atoms with Crippen LogP contribution < -0.4 is 5.32 Å². The fourth-order valence-electron chi connectivity index (χ4n) is 0.955. The van der Waals surface area contributed by atoms with Gasteiger partial charge in [-0.1, -0.05) is 24.9 Å². The molecule has 0 aliphatic rings. The molecular formula is C9H14ClNS. The summed E-state index contributed by atoms with van der Waals surface area (Å²) in [6, 6.07) is 1.95. The van der Waals surface area contributed by atoms with E-state index in [4.69, 9.17) is 11.6 Å². The lowest BCUT2D eigenvalue weighted by atomic mass is 10.3. The van der Waals surface area contributed by atoms with Crippen molar-refractivity contribution in [1.29, 1.82) is 0 Å². The molecule has 0 bridgehead atoms. The molecule has 68 valence electrons. The summed E-state index contributed by atoms with van der Waals surface area (Å²) in [6.45, 7) is 4.20. The minimum Gasteiger partial charge on any atom is -0.312 e. The van der Waals surface area contributed by atoms with Gasteiger partial charge in [0.25, 0.3) is 0 Å². The molecule has 1 rings (SSSR count). The van der Waals surface area contributed by atoms with Crippen LogP contribution in [0.1, 0.15) is 24.6 Å². The summed E-state index contributed by atoms with van der Waals surface area (Å²) in [5, 5.41) is 6.28. The monoisotopic (exact) mass is 203 g/mol. The van der Waals surface area contributed by atoms with Crippen LogP contribution >= 0.6 is 22.9 Å². The van der Waals surface area contributed by atoms with Gasteiger partial charge >= 0.3 is 0 Å². The van der Waals surface area contributed by atoms with Crippen LogP contribution in [0, 0.1) is 0 Å². The van der Waals surface area contributed by atoms with Crippen molar-refractivity contribution in [2.75, 3.05) is 6.54 Å². The molecule has 0 unspecified atom stereocenters. The molecule has 12 heavy (non-hydrogen) atoms. The molecule has 1 heterocycles.